The van der Waals surface area contributed by atoms with Crippen LogP contribution < -0.4 is 5.32 Å². The standard InChI is InChI=1S/C13H26N2O3/c1-6-14-13(3,12(16)17-5)9-15(4)11-7-8-18-10(11)2/h10-11,14H,6-9H2,1-5H3. The van der Waals surface area contributed by atoms with Crippen molar-refractivity contribution in [2.75, 3.05) is 33.9 Å². The van der Waals surface area contributed by atoms with Gasteiger partial charge in [-0.25, -0.2) is 0 Å². The van der Waals surface area contributed by atoms with E-state index >= 15 is 0 Å². The number of rotatable bonds is 6. The van der Waals surface area contributed by atoms with Gasteiger partial charge in [-0.3, -0.25) is 9.69 Å². The van der Waals surface area contributed by atoms with Crippen molar-refractivity contribution in [2.24, 2.45) is 0 Å². The average molecular weight is 258 g/mol. The number of carbonyl (C=O) groups is 1. The van der Waals surface area contributed by atoms with Gasteiger partial charge in [0.05, 0.1) is 13.2 Å². The fraction of sp³-hybridized carbons (Fsp3) is 0.923. The van der Waals surface area contributed by atoms with Gasteiger partial charge in [0.1, 0.15) is 5.54 Å². The molecule has 1 N–H and O–H groups in total. The van der Waals surface area contributed by atoms with Crippen LogP contribution in [-0.2, 0) is 14.3 Å². The largest absolute Gasteiger partial charge is 0.468 e. The van der Waals surface area contributed by atoms with Crippen LogP contribution in [0.2, 0.25) is 0 Å². The molecule has 5 nitrogen and oxygen atoms in total. The zero-order valence-electron chi connectivity index (χ0n) is 12.2. The minimum Gasteiger partial charge on any atom is -0.468 e. The Morgan fingerprint density at radius 1 is 1.61 bits per heavy atom. The number of hydrogen-bond acceptors (Lipinski definition) is 5. The third kappa shape index (κ3) is 3.43. The third-order valence-electron chi connectivity index (χ3n) is 3.67. The maximum atomic E-state index is 11.9. The minimum atomic E-state index is -0.666. The Kier molecular flexibility index (Phi) is 5.56. The maximum absolute atomic E-state index is 11.9. The van der Waals surface area contributed by atoms with Gasteiger partial charge in [-0.05, 0) is 33.9 Å². The topological polar surface area (TPSA) is 50.8 Å². The fourth-order valence-corrected chi connectivity index (χ4v) is 2.72. The lowest BCUT2D eigenvalue weighted by atomic mass is 9.99. The molecule has 5 heteroatoms. The van der Waals surface area contributed by atoms with Gasteiger partial charge < -0.3 is 14.8 Å². The average Bonchev–Trinajstić information content (AvgIpc) is 2.74. The van der Waals surface area contributed by atoms with Gasteiger partial charge in [-0.2, -0.15) is 0 Å². The predicted octanol–water partition coefficient (Wildman–Crippen LogP) is 0.637. The number of likely N-dealkylation sites (N-methyl/N-ethyl adjacent to an activating group) is 2. The Morgan fingerprint density at radius 2 is 2.28 bits per heavy atom. The summed E-state index contributed by atoms with van der Waals surface area (Å²) in [7, 11) is 3.47. The summed E-state index contributed by atoms with van der Waals surface area (Å²) in [4.78, 5) is 14.1. The number of ether oxygens (including phenoxy) is 2. The smallest absolute Gasteiger partial charge is 0.327 e. The molecule has 3 unspecified atom stereocenters. The van der Waals surface area contributed by atoms with Crippen LogP contribution in [0.15, 0.2) is 0 Å². The molecular weight excluding hydrogens is 232 g/mol. The van der Waals surface area contributed by atoms with Gasteiger partial charge in [0, 0.05) is 19.2 Å². The first kappa shape index (κ1) is 15.4. The molecule has 1 heterocycles. The summed E-state index contributed by atoms with van der Waals surface area (Å²) in [5.41, 5.74) is -0.666. The summed E-state index contributed by atoms with van der Waals surface area (Å²) >= 11 is 0. The van der Waals surface area contributed by atoms with Crippen molar-refractivity contribution >= 4 is 5.97 Å². The molecule has 1 aliphatic rings. The van der Waals surface area contributed by atoms with E-state index in [0.29, 0.717) is 12.6 Å². The van der Waals surface area contributed by atoms with Crippen molar-refractivity contribution in [2.45, 2.75) is 44.9 Å². The molecular formula is C13H26N2O3. The number of carbonyl (C=O) groups excluding carboxylic acids is 1. The lowest BCUT2D eigenvalue weighted by Crippen LogP contribution is -2.58. The molecule has 0 aromatic rings. The molecule has 0 aliphatic carbocycles. The normalized spacial score (nSPS) is 27.2. The second kappa shape index (κ2) is 6.50. The van der Waals surface area contributed by atoms with Crippen molar-refractivity contribution in [3.8, 4) is 0 Å². The zero-order chi connectivity index (χ0) is 13.8. The van der Waals surface area contributed by atoms with E-state index in [1.807, 2.05) is 20.9 Å². The van der Waals surface area contributed by atoms with Crippen LogP contribution in [0.4, 0.5) is 0 Å². The molecule has 0 saturated carbocycles. The van der Waals surface area contributed by atoms with Crippen LogP contribution in [0.1, 0.15) is 27.2 Å². The Balaban J connectivity index is 2.68. The van der Waals surface area contributed by atoms with E-state index in [1.165, 1.54) is 7.11 Å². The van der Waals surface area contributed by atoms with Crippen LogP contribution in [0, 0.1) is 0 Å². The molecule has 0 amide bonds. The SMILES string of the molecule is CCNC(C)(CN(C)C1CCOC1C)C(=O)OC. The van der Waals surface area contributed by atoms with Crippen LogP contribution in [-0.4, -0.2) is 62.4 Å². The second-order valence-corrected chi connectivity index (χ2v) is 5.20. The van der Waals surface area contributed by atoms with E-state index in [2.05, 4.69) is 17.1 Å². The van der Waals surface area contributed by atoms with Crippen molar-refractivity contribution < 1.29 is 14.3 Å². The highest BCUT2D eigenvalue weighted by Gasteiger charge is 2.38. The van der Waals surface area contributed by atoms with Gasteiger partial charge in [0.2, 0.25) is 0 Å². The highest BCUT2D eigenvalue weighted by atomic mass is 16.5. The molecule has 0 spiro atoms. The lowest BCUT2D eigenvalue weighted by Gasteiger charge is -2.35. The molecule has 0 aromatic heterocycles. The predicted molar refractivity (Wildman–Crippen MR) is 70.5 cm³/mol. The fourth-order valence-electron chi connectivity index (χ4n) is 2.72. The third-order valence-corrected chi connectivity index (χ3v) is 3.67. The van der Waals surface area contributed by atoms with Crippen molar-refractivity contribution in [3.05, 3.63) is 0 Å². The summed E-state index contributed by atoms with van der Waals surface area (Å²) in [6, 6.07) is 0.368. The first-order chi connectivity index (χ1) is 8.44. The van der Waals surface area contributed by atoms with Gasteiger partial charge in [0.15, 0.2) is 0 Å². The van der Waals surface area contributed by atoms with Gasteiger partial charge >= 0.3 is 5.97 Å². The molecule has 1 fully saturated rings. The van der Waals surface area contributed by atoms with E-state index in [1.54, 1.807) is 0 Å². The van der Waals surface area contributed by atoms with E-state index in [0.717, 1.165) is 19.6 Å². The molecule has 106 valence electrons. The summed E-state index contributed by atoms with van der Waals surface area (Å²) in [5, 5.41) is 3.22. The van der Waals surface area contributed by atoms with Crippen molar-refractivity contribution in [1.82, 2.24) is 10.2 Å². The highest BCUT2D eigenvalue weighted by Crippen LogP contribution is 2.20. The first-order valence-electron chi connectivity index (χ1n) is 6.60. The summed E-state index contributed by atoms with van der Waals surface area (Å²) < 4.78 is 10.5. The van der Waals surface area contributed by atoms with Crippen molar-refractivity contribution in [1.29, 1.82) is 0 Å². The van der Waals surface area contributed by atoms with Gasteiger partial charge in [-0.1, -0.05) is 6.92 Å². The van der Waals surface area contributed by atoms with Crippen LogP contribution in [0.3, 0.4) is 0 Å². The minimum absolute atomic E-state index is 0.220. The Labute approximate surface area is 110 Å². The van der Waals surface area contributed by atoms with E-state index < -0.39 is 5.54 Å². The number of nitrogens with zero attached hydrogens (tertiary/aromatic N) is 1. The quantitative estimate of drug-likeness (QED) is 0.708. The highest BCUT2D eigenvalue weighted by molar-refractivity contribution is 5.80. The van der Waals surface area contributed by atoms with Crippen LogP contribution in [0.25, 0.3) is 0 Å². The van der Waals surface area contributed by atoms with Crippen molar-refractivity contribution in [3.63, 3.8) is 0 Å². The van der Waals surface area contributed by atoms with E-state index in [9.17, 15) is 4.79 Å². The van der Waals surface area contributed by atoms with Crippen LogP contribution >= 0.6 is 0 Å². The number of hydrogen-bond donors (Lipinski definition) is 1. The summed E-state index contributed by atoms with van der Waals surface area (Å²) in [6.45, 7) is 8.10. The maximum Gasteiger partial charge on any atom is 0.327 e. The van der Waals surface area contributed by atoms with E-state index in [4.69, 9.17) is 9.47 Å². The van der Waals surface area contributed by atoms with Gasteiger partial charge in [0.25, 0.3) is 0 Å². The van der Waals surface area contributed by atoms with Gasteiger partial charge in [-0.15, -0.1) is 0 Å². The Hall–Kier alpha value is -0.650. The molecule has 1 saturated heterocycles. The molecule has 1 rings (SSSR count). The monoisotopic (exact) mass is 258 g/mol. The Morgan fingerprint density at radius 3 is 2.72 bits per heavy atom. The lowest BCUT2D eigenvalue weighted by molar-refractivity contribution is -0.149. The number of esters is 1. The molecule has 0 radical (unpaired) electrons. The Bertz CT molecular complexity index is 285. The number of nitrogens with one attached hydrogen (secondary N) is 1. The van der Waals surface area contributed by atoms with E-state index in [-0.39, 0.29) is 12.1 Å². The van der Waals surface area contributed by atoms with Crippen LogP contribution in [0.5, 0.6) is 0 Å². The molecule has 1 aliphatic heterocycles. The molecule has 0 aromatic carbocycles. The molecule has 3 atom stereocenters. The zero-order valence-corrected chi connectivity index (χ0v) is 12.2. The molecule has 18 heavy (non-hydrogen) atoms. The summed E-state index contributed by atoms with van der Waals surface area (Å²) in [5.74, 6) is -0.220. The molecule has 0 bridgehead atoms. The first-order valence-corrected chi connectivity index (χ1v) is 6.60. The second-order valence-electron chi connectivity index (χ2n) is 5.20. The summed E-state index contributed by atoms with van der Waals surface area (Å²) in [6.07, 6.45) is 1.24. The number of methoxy groups -OCH3 is 1.